The lowest BCUT2D eigenvalue weighted by atomic mass is 9.46. The van der Waals surface area contributed by atoms with Crippen molar-refractivity contribution in [3.8, 4) is 0 Å². The van der Waals surface area contributed by atoms with E-state index >= 15 is 4.39 Å². The topological polar surface area (TPSA) is 93.3 Å². The van der Waals surface area contributed by atoms with Crippen molar-refractivity contribution < 1.29 is 33.0 Å². The highest BCUT2D eigenvalue weighted by Crippen LogP contribution is 2.77. The fourth-order valence-corrected chi connectivity index (χ4v) is 9.12. The van der Waals surface area contributed by atoms with Gasteiger partial charge in [-0.3, -0.25) is 19.2 Å². The van der Waals surface area contributed by atoms with Crippen LogP contribution in [0.4, 0.5) is 9.18 Å². The Kier molecular flexibility index (Phi) is 5.70. The van der Waals surface area contributed by atoms with Gasteiger partial charge in [-0.05, 0) is 55.7 Å². The first-order chi connectivity index (χ1) is 16.8. The number of esters is 1. The molecule has 3 saturated carbocycles. The molecule has 9 atom stereocenters. The van der Waals surface area contributed by atoms with Gasteiger partial charge in [0.25, 0.3) is 5.24 Å². The number of allylic oxidation sites excluding steroid dienone is 2. The molecule has 1 saturated heterocycles. The van der Waals surface area contributed by atoms with Crippen LogP contribution < -0.4 is 0 Å². The summed E-state index contributed by atoms with van der Waals surface area (Å²) in [5.41, 5.74) is -3.32. The van der Waals surface area contributed by atoms with Gasteiger partial charge < -0.3 is 14.4 Å². The maximum Gasteiger partial charge on any atom is 0.306 e. The van der Waals surface area contributed by atoms with Crippen LogP contribution in [-0.4, -0.2) is 64.6 Å². The van der Waals surface area contributed by atoms with Crippen LogP contribution in [0.3, 0.4) is 0 Å². The van der Waals surface area contributed by atoms with Crippen LogP contribution in [0.15, 0.2) is 23.8 Å². The largest absolute Gasteiger partial charge is 0.449 e. The standard InChI is InChI=1S/C27H34FNO6S/c1-7-21(31)35-26(22(32)36-23(33)29(5)6)14(2)10-16-17-12-19(28)18-11-15(30)8-9-24(18,3)27(17)20(34-27)13-25(16,26)4/h8-9,11,14,16-17,19-20H,7,10,12-13H2,1-6H3/t14-,16?,17?,19+,20+,24?,25?,26+,27-/m1/s1. The molecule has 0 N–H and O–H groups in total. The molecule has 36 heavy (non-hydrogen) atoms. The van der Waals surface area contributed by atoms with E-state index in [4.69, 9.17) is 9.47 Å². The minimum atomic E-state index is -1.53. The van der Waals surface area contributed by atoms with Crippen molar-refractivity contribution >= 4 is 33.9 Å². The molecule has 0 aromatic rings. The van der Waals surface area contributed by atoms with E-state index in [1.807, 2.05) is 20.8 Å². The number of carbonyl (C=O) groups excluding carboxylic acids is 4. The molecule has 0 bridgehead atoms. The Morgan fingerprint density at radius 2 is 1.92 bits per heavy atom. The van der Waals surface area contributed by atoms with Crippen LogP contribution in [0.2, 0.25) is 0 Å². The predicted molar refractivity (Wildman–Crippen MR) is 132 cm³/mol. The molecular formula is C27H34FNO6S. The number of amides is 1. The number of hydrogen-bond acceptors (Lipinski definition) is 7. The molecule has 5 rings (SSSR count). The average molecular weight is 520 g/mol. The van der Waals surface area contributed by atoms with E-state index in [0.29, 0.717) is 30.2 Å². The number of halogens is 1. The molecule has 1 amide bonds. The molecular weight excluding hydrogens is 485 g/mol. The molecule has 9 heteroatoms. The maximum atomic E-state index is 15.7. The van der Waals surface area contributed by atoms with Crippen molar-refractivity contribution in [1.82, 2.24) is 4.90 Å². The lowest BCUT2D eigenvalue weighted by Crippen LogP contribution is -2.64. The van der Waals surface area contributed by atoms with Gasteiger partial charge in [0.15, 0.2) is 11.4 Å². The summed E-state index contributed by atoms with van der Waals surface area (Å²) >= 11 is 0.573. The van der Waals surface area contributed by atoms with Crippen molar-refractivity contribution in [3.63, 3.8) is 0 Å². The molecule has 0 aromatic heterocycles. The lowest BCUT2D eigenvalue weighted by Gasteiger charge is -2.56. The number of fused-ring (bicyclic) bond motifs is 3. The normalized spacial score (nSPS) is 46.0. The number of hydrogen-bond donors (Lipinski definition) is 0. The number of rotatable bonds is 3. The van der Waals surface area contributed by atoms with E-state index in [1.165, 1.54) is 17.1 Å². The summed E-state index contributed by atoms with van der Waals surface area (Å²) in [6.07, 6.45) is 4.39. The van der Waals surface area contributed by atoms with E-state index in [2.05, 4.69) is 0 Å². The Labute approximate surface area is 215 Å². The van der Waals surface area contributed by atoms with E-state index in [0.717, 1.165) is 0 Å². The Bertz CT molecular complexity index is 1120. The summed E-state index contributed by atoms with van der Waals surface area (Å²) in [7, 11) is 3.14. The Morgan fingerprint density at radius 1 is 1.22 bits per heavy atom. The van der Waals surface area contributed by atoms with E-state index < -0.39 is 44.5 Å². The van der Waals surface area contributed by atoms with Gasteiger partial charge in [0, 0.05) is 49.0 Å². The molecule has 1 spiro atoms. The SMILES string of the molecule is CCC(=O)O[C@]1(C(=O)SC(=O)N(C)C)[C@H](C)CC2C3C[C@H](F)C4=CC(=O)C=CC4(C)[C@@]34O[C@H]4CC21C. The van der Waals surface area contributed by atoms with Gasteiger partial charge >= 0.3 is 5.97 Å². The van der Waals surface area contributed by atoms with Gasteiger partial charge in [-0.1, -0.05) is 26.8 Å². The third-order valence-corrected chi connectivity index (χ3v) is 10.9. The number of nitrogens with zero attached hydrogens (tertiary/aromatic N) is 1. The molecule has 1 heterocycles. The van der Waals surface area contributed by atoms with Crippen LogP contribution >= 0.6 is 11.8 Å². The highest BCUT2D eigenvalue weighted by molar-refractivity contribution is 8.26. The zero-order valence-electron chi connectivity index (χ0n) is 21.6. The summed E-state index contributed by atoms with van der Waals surface area (Å²) in [5, 5.41) is -0.906. The number of thioether (sulfide) groups is 1. The number of alkyl halides is 1. The van der Waals surface area contributed by atoms with Crippen LogP contribution in [0.5, 0.6) is 0 Å². The zero-order chi connectivity index (χ0) is 26.4. The molecule has 1 aliphatic heterocycles. The first kappa shape index (κ1) is 25.6. The highest BCUT2D eigenvalue weighted by Gasteiger charge is 2.84. The molecule has 4 fully saturated rings. The lowest BCUT2D eigenvalue weighted by molar-refractivity contribution is -0.187. The molecule has 0 radical (unpaired) electrons. The van der Waals surface area contributed by atoms with Crippen molar-refractivity contribution in [1.29, 1.82) is 0 Å². The van der Waals surface area contributed by atoms with Gasteiger partial charge in [-0.25, -0.2) is 4.39 Å². The van der Waals surface area contributed by atoms with Gasteiger partial charge in [0.1, 0.15) is 11.8 Å². The second-order valence-corrected chi connectivity index (χ2v) is 12.6. The predicted octanol–water partition coefficient (Wildman–Crippen LogP) is 4.25. The molecule has 196 valence electrons. The number of ether oxygens (including phenoxy) is 2. The monoisotopic (exact) mass is 519 g/mol. The van der Waals surface area contributed by atoms with E-state index in [1.54, 1.807) is 27.1 Å². The van der Waals surface area contributed by atoms with Crippen molar-refractivity contribution in [2.45, 2.75) is 76.9 Å². The minimum Gasteiger partial charge on any atom is -0.449 e. The van der Waals surface area contributed by atoms with Crippen LogP contribution in [-0.2, 0) is 23.9 Å². The van der Waals surface area contributed by atoms with E-state index in [9.17, 15) is 19.2 Å². The fourth-order valence-electron chi connectivity index (χ4n) is 8.15. The zero-order valence-corrected chi connectivity index (χ0v) is 22.4. The molecule has 7 nitrogen and oxygen atoms in total. The van der Waals surface area contributed by atoms with Crippen molar-refractivity contribution in [2.75, 3.05) is 14.1 Å². The molecule has 4 unspecified atom stereocenters. The van der Waals surface area contributed by atoms with Gasteiger partial charge in [-0.15, -0.1) is 0 Å². The van der Waals surface area contributed by atoms with Crippen molar-refractivity contribution in [2.24, 2.45) is 28.6 Å². The van der Waals surface area contributed by atoms with Crippen molar-refractivity contribution in [3.05, 3.63) is 23.8 Å². The third-order valence-electron chi connectivity index (χ3n) is 9.87. The third kappa shape index (κ3) is 3.01. The average Bonchev–Trinajstić information content (AvgIpc) is 3.49. The Morgan fingerprint density at radius 3 is 2.56 bits per heavy atom. The Hall–Kier alpha value is -2.00. The first-order valence-corrected chi connectivity index (χ1v) is 13.5. The maximum absolute atomic E-state index is 15.7. The smallest absolute Gasteiger partial charge is 0.306 e. The number of ketones is 1. The van der Waals surface area contributed by atoms with Crippen LogP contribution in [0.25, 0.3) is 0 Å². The summed E-state index contributed by atoms with van der Waals surface area (Å²) in [6, 6.07) is 0. The Balaban J connectivity index is 1.60. The molecule has 0 aromatic carbocycles. The minimum absolute atomic E-state index is 0.0969. The second kappa shape index (κ2) is 8.00. The second-order valence-electron chi connectivity index (χ2n) is 11.7. The summed E-state index contributed by atoms with van der Waals surface area (Å²) in [5.74, 6) is -1.48. The van der Waals surface area contributed by atoms with Gasteiger partial charge in [0.2, 0.25) is 5.12 Å². The van der Waals surface area contributed by atoms with Crippen LogP contribution in [0.1, 0.15) is 53.4 Å². The van der Waals surface area contributed by atoms with E-state index in [-0.39, 0.29) is 42.5 Å². The first-order valence-electron chi connectivity index (χ1n) is 12.7. The summed E-state index contributed by atoms with van der Waals surface area (Å²) < 4.78 is 28.3. The fraction of sp³-hybridized carbons (Fsp3) is 0.704. The van der Waals surface area contributed by atoms with Gasteiger partial charge in [0.05, 0.1) is 6.10 Å². The highest BCUT2D eigenvalue weighted by atomic mass is 32.2. The van der Waals surface area contributed by atoms with Crippen LogP contribution in [0, 0.1) is 28.6 Å². The summed E-state index contributed by atoms with van der Waals surface area (Å²) in [6.45, 7) is 7.47. The van der Waals surface area contributed by atoms with Gasteiger partial charge in [-0.2, -0.15) is 0 Å². The summed E-state index contributed by atoms with van der Waals surface area (Å²) in [4.78, 5) is 52.7. The number of carbonyl (C=O) groups is 4. The quantitative estimate of drug-likeness (QED) is 0.406. The number of epoxide rings is 1. The molecule has 5 aliphatic rings. The molecule has 4 aliphatic carbocycles.